The molecule has 0 amide bonds. The molecule has 0 spiro atoms. The van der Waals surface area contributed by atoms with Gasteiger partial charge in [0.15, 0.2) is 0 Å². The molecule has 0 saturated carbocycles. The number of carbonyl (C=O) groups is 1. The van der Waals surface area contributed by atoms with Gasteiger partial charge in [-0.2, -0.15) is 12.6 Å². The minimum Gasteiger partial charge on any atom is -0.461 e. The van der Waals surface area contributed by atoms with Gasteiger partial charge in [-0.25, -0.2) is 0 Å². The summed E-state index contributed by atoms with van der Waals surface area (Å²) >= 11 is 4.37. The van der Waals surface area contributed by atoms with Crippen molar-refractivity contribution in [2.45, 2.75) is 142 Å². The van der Waals surface area contributed by atoms with Gasteiger partial charge in [0.25, 0.3) is 0 Å². The van der Waals surface area contributed by atoms with Crippen molar-refractivity contribution in [2.24, 2.45) is 0 Å². The molecule has 0 aromatic carbocycles. The highest BCUT2D eigenvalue weighted by Gasteiger charge is 2.12. The third-order valence-electron chi connectivity index (χ3n) is 5.37. The molecular weight excluding hydrogens is 352 g/mol. The first-order valence-corrected chi connectivity index (χ1v) is 12.7. The van der Waals surface area contributed by atoms with Crippen molar-refractivity contribution >= 4 is 18.6 Å². The van der Waals surface area contributed by atoms with E-state index < -0.39 is 0 Å². The zero-order valence-corrected chi connectivity index (χ0v) is 19.4. The van der Waals surface area contributed by atoms with Crippen molar-refractivity contribution in [1.82, 2.24) is 0 Å². The first kappa shape index (κ1) is 26.8. The quantitative estimate of drug-likeness (QED) is 0.119. The molecule has 3 heteroatoms. The number of unbranched alkanes of at least 4 members (excludes halogenated alkanes) is 15. The van der Waals surface area contributed by atoms with E-state index in [4.69, 9.17) is 4.74 Å². The molecule has 0 N–H and O–H groups in total. The molecule has 0 aliphatic carbocycles. The summed E-state index contributed by atoms with van der Waals surface area (Å²) in [5.74, 6) is 0.636. The maximum atomic E-state index is 12.0. The summed E-state index contributed by atoms with van der Waals surface area (Å²) in [7, 11) is 0. The van der Waals surface area contributed by atoms with Gasteiger partial charge in [0, 0.05) is 12.2 Å². The maximum absolute atomic E-state index is 12.0. The van der Waals surface area contributed by atoms with Crippen LogP contribution in [0, 0.1) is 0 Å². The summed E-state index contributed by atoms with van der Waals surface area (Å²) in [6.07, 6.45) is 23.6. The van der Waals surface area contributed by atoms with Crippen LogP contribution in [-0.4, -0.2) is 17.8 Å². The zero-order valence-electron chi connectivity index (χ0n) is 18.5. The lowest BCUT2D eigenvalue weighted by Gasteiger charge is -2.15. The number of esters is 1. The fourth-order valence-corrected chi connectivity index (χ4v) is 3.78. The predicted octanol–water partition coefficient (Wildman–Crippen LogP) is 8.28. The molecule has 27 heavy (non-hydrogen) atoms. The normalized spacial score (nSPS) is 12.3. The van der Waals surface area contributed by atoms with Gasteiger partial charge >= 0.3 is 5.97 Å². The fourth-order valence-electron chi connectivity index (χ4n) is 3.52. The summed E-state index contributed by atoms with van der Waals surface area (Å²) in [6, 6.07) is 0. The molecule has 0 aromatic heterocycles. The third kappa shape index (κ3) is 20.4. The van der Waals surface area contributed by atoms with Crippen LogP contribution in [0.25, 0.3) is 0 Å². The summed E-state index contributed by atoms with van der Waals surface area (Å²) < 4.78 is 5.62. The second-order valence-electron chi connectivity index (χ2n) is 8.14. The van der Waals surface area contributed by atoms with Crippen LogP contribution >= 0.6 is 12.6 Å². The molecule has 1 atom stereocenters. The molecule has 0 rings (SSSR count). The summed E-state index contributed by atoms with van der Waals surface area (Å²) in [6.45, 7) is 4.52. The van der Waals surface area contributed by atoms with Crippen LogP contribution in [-0.2, 0) is 9.53 Å². The van der Waals surface area contributed by atoms with Crippen LogP contribution in [0.3, 0.4) is 0 Å². The van der Waals surface area contributed by atoms with E-state index >= 15 is 0 Å². The smallest absolute Gasteiger partial charge is 0.306 e. The van der Waals surface area contributed by atoms with Gasteiger partial charge in [0.2, 0.25) is 0 Å². The SMILES string of the molecule is CCCCCCCCCCCC(=O)OC(CS)CCCCCCCCCC. The number of rotatable bonds is 21. The summed E-state index contributed by atoms with van der Waals surface area (Å²) in [5, 5.41) is 0. The van der Waals surface area contributed by atoms with Crippen molar-refractivity contribution in [3.63, 3.8) is 0 Å². The highest BCUT2D eigenvalue weighted by atomic mass is 32.1. The van der Waals surface area contributed by atoms with E-state index in [0.717, 1.165) is 25.7 Å². The molecule has 0 aliphatic heterocycles. The lowest BCUT2D eigenvalue weighted by Crippen LogP contribution is -2.19. The van der Waals surface area contributed by atoms with E-state index in [9.17, 15) is 4.79 Å². The Kier molecular flexibility index (Phi) is 22.0. The summed E-state index contributed by atoms with van der Waals surface area (Å²) in [5.41, 5.74) is 0. The molecule has 1 unspecified atom stereocenters. The predicted molar refractivity (Wildman–Crippen MR) is 123 cm³/mol. The number of hydrogen-bond acceptors (Lipinski definition) is 3. The topological polar surface area (TPSA) is 26.3 Å². The lowest BCUT2D eigenvalue weighted by atomic mass is 10.1. The van der Waals surface area contributed by atoms with Gasteiger partial charge < -0.3 is 4.74 Å². The van der Waals surface area contributed by atoms with E-state index in [2.05, 4.69) is 26.5 Å². The highest BCUT2D eigenvalue weighted by Crippen LogP contribution is 2.14. The van der Waals surface area contributed by atoms with Crippen molar-refractivity contribution in [3.8, 4) is 0 Å². The van der Waals surface area contributed by atoms with Gasteiger partial charge in [0.05, 0.1) is 0 Å². The molecule has 0 bridgehead atoms. The van der Waals surface area contributed by atoms with E-state index in [1.807, 2.05) is 0 Å². The number of carbonyl (C=O) groups excluding carboxylic acids is 1. The van der Waals surface area contributed by atoms with E-state index in [1.54, 1.807) is 0 Å². The Morgan fingerprint density at radius 2 is 1.07 bits per heavy atom. The van der Waals surface area contributed by atoms with Crippen LogP contribution in [0.1, 0.15) is 136 Å². The third-order valence-corrected chi connectivity index (χ3v) is 5.77. The Morgan fingerprint density at radius 1 is 0.667 bits per heavy atom. The molecule has 162 valence electrons. The number of hydrogen-bond donors (Lipinski definition) is 1. The molecule has 0 heterocycles. The van der Waals surface area contributed by atoms with Crippen LogP contribution in [0.2, 0.25) is 0 Å². The van der Waals surface area contributed by atoms with E-state index in [0.29, 0.717) is 12.2 Å². The van der Waals surface area contributed by atoms with Crippen LogP contribution in [0.5, 0.6) is 0 Å². The van der Waals surface area contributed by atoms with Crippen LogP contribution in [0.4, 0.5) is 0 Å². The Balaban J connectivity index is 3.48. The van der Waals surface area contributed by atoms with Crippen LogP contribution < -0.4 is 0 Å². The van der Waals surface area contributed by atoms with Gasteiger partial charge in [0.1, 0.15) is 6.10 Å². The zero-order chi connectivity index (χ0) is 20.0. The molecule has 2 nitrogen and oxygen atoms in total. The average molecular weight is 401 g/mol. The standard InChI is InChI=1S/C24H48O2S/c1-3-5-7-9-11-13-15-17-19-21-24(25)26-23(22-27)20-18-16-14-12-10-8-6-4-2/h23,27H,3-22H2,1-2H3. The second kappa shape index (κ2) is 22.1. The van der Waals surface area contributed by atoms with Gasteiger partial charge in [-0.15, -0.1) is 0 Å². The molecule has 0 fully saturated rings. The van der Waals surface area contributed by atoms with E-state index in [-0.39, 0.29) is 12.1 Å². The van der Waals surface area contributed by atoms with Crippen LogP contribution in [0.15, 0.2) is 0 Å². The minimum atomic E-state index is -0.0171. The first-order chi connectivity index (χ1) is 13.2. The second-order valence-corrected chi connectivity index (χ2v) is 8.50. The Labute approximate surface area is 176 Å². The average Bonchev–Trinajstić information content (AvgIpc) is 2.67. The van der Waals surface area contributed by atoms with E-state index in [1.165, 1.54) is 89.9 Å². The lowest BCUT2D eigenvalue weighted by molar-refractivity contribution is -0.148. The van der Waals surface area contributed by atoms with Crippen molar-refractivity contribution in [3.05, 3.63) is 0 Å². The Bertz CT molecular complexity index is 307. The largest absolute Gasteiger partial charge is 0.461 e. The molecule has 0 aliphatic rings. The monoisotopic (exact) mass is 400 g/mol. The number of ether oxygens (including phenoxy) is 1. The Morgan fingerprint density at radius 3 is 1.52 bits per heavy atom. The molecule has 0 aromatic rings. The van der Waals surface area contributed by atoms with Gasteiger partial charge in [-0.3, -0.25) is 4.79 Å². The van der Waals surface area contributed by atoms with Crippen molar-refractivity contribution in [1.29, 1.82) is 0 Å². The number of thiol groups is 1. The first-order valence-electron chi connectivity index (χ1n) is 12.0. The molecular formula is C24H48O2S. The van der Waals surface area contributed by atoms with Crippen molar-refractivity contribution in [2.75, 3.05) is 5.75 Å². The maximum Gasteiger partial charge on any atom is 0.306 e. The minimum absolute atomic E-state index is 0.0134. The molecule has 0 saturated heterocycles. The summed E-state index contributed by atoms with van der Waals surface area (Å²) in [4.78, 5) is 12.0. The van der Waals surface area contributed by atoms with Crippen molar-refractivity contribution < 1.29 is 9.53 Å². The Hall–Kier alpha value is -0.180. The highest BCUT2D eigenvalue weighted by molar-refractivity contribution is 7.80. The molecule has 0 radical (unpaired) electrons. The van der Waals surface area contributed by atoms with Gasteiger partial charge in [-0.05, 0) is 19.3 Å². The van der Waals surface area contributed by atoms with Gasteiger partial charge in [-0.1, -0.05) is 110 Å². The fraction of sp³-hybridized carbons (Fsp3) is 0.958.